The third-order valence-electron chi connectivity index (χ3n) is 5.54. The van der Waals surface area contributed by atoms with Gasteiger partial charge in [0.25, 0.3) is 0 Å². The van der Waals surface area contributed by atoms with E-state index in [1.807, 2.05) is 30.3 Å². The molecule has 0 unspecified atom stereocenters. The standard InChI is InChI=1S/C23H29NO4S/c1-27-18-11-8-16(9-12-18)22(21(25)23(26)28-2)29-20-14-17(10-13-19(20)24)15-6-4-3-5-7-15/h8-15,21-22,25H,3-7,24H2,1-2H3/t21-,22+/m1/s1. The number of nitrogen functional groups attached to an aromatic ring is 1. The highest BCUT2D eigenvalue weighted by molar-refractivity contribution is 7.99. The molecule has 0 amide bonds. The number of ether oxygens (including phenoxy) is 2. The van der Waals surface area contributed by atoms with Gasteiger partial charge in [0.1, 0.15) is 5.75 Å². The van der Waals surface area contributed by atoms with E-state index in [2.05, 4.69) is 12.1 Å². The number of anilines is 1. The third-order valence-corrected chi connectivity index (χ3v) is 6.93. The zero-order chi connectivity index (χ0) is 20.8. The molecule has 0 aliphatic heterocycles. The van der Waals surface area contributed by atoms with Crippen molar-refractivity contribution in [2.75, 3.05) is 20.0 Å². The van der Waals surface area contributed by atoms with Gasteiger partial charge >= 0.3 is 5.97 Å². The van der Waals surface area contributed by atoms with Crippen molar-refractivity contribution in [2.24, 2.45) is 0 Å². The maximum absolute atomic E-state index is 12.1. The van der Waals surface area contributed by atoms with E-state index < -0.39 is 17.3 Å². The Morgan fingerprint density at radius 3 is 2.41 bits per heavy atom. The number of hydrogen-bond donors (Lipinski definition) is 2. The Hall–Kier alpha value is -2.18. The summed E-state index contributed by atoms with van der Waals surface area (Å²) in [7, 11) is 2.88. The molecule has 1 aliphatic carbocycles. The van der Waals surface area contributed by atoms with E-state index in [4.69, 9.17) is 15.2 Å². The van der Waals surface area contributed by atoms with Crippen LogP contribution in [0.4, 0.5) is 5.69 Å². The number of thioether (sulfide) groups is 1. The van der Waals surface area contributed by atoms with E-state index in [0.717, 1.165) is 10.5 Å². The zero-order valence-corrected chi connectivity index (χ0v) is 17.8. The van der Waals surface area contributed by atoms with E-state index in [-0.39, 0.29) is 0 Å². The van der Waals surface area contributed by atoms with Gasteiger partial charge in [0.2, 0.25) is 0 Å². The number of nitrogens with two attached hydrogens (primary N) is 1. The second-order valence-corrected chi connectivity index (χ2v) is 8.60. The number of carbonyl (C=O) groups excluding carboxylic acids is 1. The summed E-state index contributed by atoms with van der Waals surface area (Å²) in [6.45, 7) is 0. The van der Waals surface area contributed by atoms with Crippen LogP contribution in [0.25, 0.3) is 0 Å². The van der Waals surface area contributed by atoms with Crippen molar-refractivity contribution >= 4 is 23.4 Å². The van der Waals surface area contributed by atoms with Gasteiger partial charge in [-0.15, -0.1) is 11.8 Å². The summed E-state index contributed by atoms with van der Waals surface area (Å²) in [4.78, 5) is 13.0. The summed E-state index contributed by atoms with van der Waals surface area (Å²) in [6.07, 6.45) is 4.90. The quantitative estimate of drug-likeness (QED) is 0.388. The van der Waals surface area contributed by atoms with Crippen molar-refractivity contribution in [3.8, 4) is 5.75 Å². The van der Waals surface area contributed by atoms with Crippen LogP contribution in [0.2, 0.25) is 0 Å². The molecule has 1 saturated carbocycles. The number of aliphatic hydroxyl groups is 1. The minimum absolute atomic E-state index is 0.544. The molecule has 0 spiro atoms. The zero-order valence-electron chi connectivity index (χ0n) is 17.0. The van der Waals surface area contributed by atoms with Crippen LogP contribution in [0.15, 0.2) is 47.4 Å². The van der Waals surface area contributed by atoms with Crippen LogP contribution < -0.4 is 10.5 Å². The Bertz CT molecular complexity index is 818. The Balaban J connectivity index is 1.90. The van der Waals surface area contributed by atoms with Gasteiger partial charge < -0.3 is 20.3 Å². The lowest BCUT2D eigenvalue weighted by Gasteiger charge is -2.25. The molecule has 3 rings (SSSR count). The molecule has 29 heavy (non-hydrogen) atoms. The number of hydrogen-bond acceptors (Lipinski definition) is 6. The Morgan fingerprint density at radius 2 is 1.79 bits per heavy atom. The van der Waals surface area contributed by atoms with Gasteiger partial charge in [-0.05, 0) is 54.2 Å². The predicted molar refractivity (Wildman–Crippen MR) is 116 cm³/mol. The summed E-state index contributed by atoms with van der Waals surface area (Å²) >= 11 is 1.40. The highest BCUT2D eigenvalue weighted by Crippen LogP contribution is 2.43. The lowest BCUT2D eigenvalue weighted by Crippen LogP contribution is -2.27. The molecule has 1 fully saturated rings. The number of esters is 1. The molecular weight excluding hydrogens is 386 g/mol. The molecule has 0 saturated heterocycles. The van der Waals surface area contributed by atoms with Crippen LogP contribution in [0.1, 0.15) is 54.4 Å². The highest BCUT2D eigenvalue weighted by Gasteiger charge is 2.30. The first-order valence-corrected chi connectivity index (χ1v) is 10.9. The fourth-order valence-corrected chi connectivity index (χ4v) is 5.05. The van der Waals surface area contributed by atoms with Crippen LogP contribution in [0, 0.1) is 0 Å². The Kier molecular flexibility index (Phi) is 7.45. The number of aliphatic hydroxyl groups excluding tert-OH is 1. The first-order valence-electron chi connectivity index (χ1n) is 9.99. The highest BCUT2D eigenvalue weighted by atomic mass is 32.2. The summed E-state index contributed by atoms with van der Waals surface area (Å²) < 4.78 is 10.0. The smallest absolute Gasteiger partial charge is 0.336 e. The van der Waals surface area contributed by atoms with Crippen LogP contribution in [0.3, 0.4) is 0 Å². The van der Waals surface area contributed by atoms with E-state index in [1.165, 1.54) is 56.5 Å². The topological polar surface area (TPSA) is 81.8 Å². The van der Waals surface area contributed by atoms with E-state index in [1.54, 1.807) is 7.11 Å². The molecule has 6 heteroatoms. The summed E-state index contributed by atoms with van der Waals surface area (Å²) in [5, 5.41) is 10.1. The number of carbonyl (C=O) groups is 1. The third kappa shape index (κ3) is 5.25. The van der Waals surface area contributed by atoms with Crippen molar-refractivity contribution in [1.29, 1.82) is 0 Å². The minimum Gasteiger partial charge on any atom is -0.497 e. The summed E-state index contributed by atoms with van der Waals surface area (Å²) in [5.74, 6) is 0.595. The molecule has 0 heterocycles. The van der Waals surface area contributed by atoms with Crippen molar-refractivity contribution in [1.82, 2.24) is 0 Å². The van der Waals surface area contributed by atoms with Crippen molar-refractivity contribution < 1.29 is 19.4 Å². The van der Waals surface area contributed by atoms with E-state index in [9.17, 15) is 9.90 Å². The largest absolute Gasteiger partial charge is 0.497 e. The first kappa shape index (κ1) is 21.5. The molecule has 1 aliphatic rings. The van der Waals surface area contributed by atoms with E-state index >= 15 is 0 Å². The summed E-state index contributed by atoms with van der Waals surface area (Å²) in [5.41, 5.74) is 8.99. The monoisotopic (exact) mass is 415 g/mol. The fraction of sp³-hybridized carbons (Fsp3) is 0.435. The van der Waals surface area contributed by atoms with Gasteiger partial charge in [0.05, 0.1) is 19.5 Å². The number of rotatable bonds is 7. The lowest BCUT2D eigenvalue weighted by atomic mass is 9.84. The van der Waals surface area contributed by atoms with Crippen LogP contribution in [0.5, 0.6) is 5.75 Å². The fourth-order valence-electron chi connectivity index (χ4n) is 3.83. The van der Waals surface area contributed by atoms with Crippen LogP contribution >= 0.6 is 11.8 Å². The molecule has 0 aromatic heterocycles. The van der Waals surface area contributed by atoms with Crippen molar-refractivity contribution in [3.63, 3.8) is 0 Å². The summed E-state index contributed by atoms with van der Waals surface area (Å²) in [6, 6.07) is 13.5. The van der Waals surface area contributed by atoms with Gasteiger partial charge in [-0.25, -0.2) is 4.79 Å². The molecule has 0 bridgehead atoms. The molecule has 5 nitrogen and oxygen atoms in total. The van der Waals surface area contributed by atoms with Crippen molar-refractivity contribution in [2.45, 2.75) is 54.3 Å². The molecule has 2 aromatic rings. The minimum atomic E-state index is -1.31. The van der Waals surface area contributed by atoms with E-state index in [0.29, 0.717) is 17.4 Å². The molecule has 156 valence electrons. The maximum atomic E-state index is 12.1. The van der Waals surface area contributed by atoms with Gasteiger partial charge in [-0.1, -0.05) is 37.5 Å². The predicted octanol–water partition coefficient (Wildman–Crippen LogP) is 4.69. The molecule has 2 atom stereocenters. The molecule has 0 radical (unpaired) electrons. The average molecular weight is 416 g/mol. The number of benzene rings is 2. The van der Waals surface area contributed by atoms with Crippen molar-refractivity contribution in [3.05, 3.63) is 53.6 Å². The number of methoxy groups -OCH3 is 2. The molecule has 2 aromatic carbocycles. The normalized spacial score (nSPS) is 16.8. The van der Waals surface area contributed by atoms with Gasteiger partial charge in [-0.2, -0.15) is 0 Å². The Labute approximate surface area is 176 Å². The van der Waals surface area contributed by atoms with Gasteiger partial charge in [0, 0.05) is 10.6 Å². The van der Waals surface area contributed by atoms with Crippen LogP contribution in [-0.2, 0) is 9.53 Å². The SMILES string of the molecule is COC(=O)[C@H](O)[C@@H](Sc1cc(C2CCCCC2)ccc1N)c1ccc(OC)cc1. The first-order chi connectivity index (χ1) is 14.0. The molecule has 3 N–H and O–H groups in total. The maximum Gasteiger partial charge on any atom is 0.336 e. The lowest BCUT2D eigenvalue weighted by molar-refractivity contribution is -0.150. The molecular formula is C23H29NO4S. The second kappa shape index (κ2) is 10.0. The van der Waals surface area contributed by atoms with Gasteiger partial charge in [0.15, 0.2) is 6.10 Å². The average Bonchev–Trinajstić information content (AvgIpc) is 2.78. The Morgan fingerprint density at radius 1 is 1.10 bits per heavy atom. The van der Waals surface area contributed by atoms with Gasteiger partial charge in [-0.3, -0.25) is 0 Å². The van der Waals surface area contributed by atoms with Crippen LogP contribution in [-0.4, -0.2) is 31.4 Å². The second-order valence-electron chi connectivity index (χ2n) is 7.41.